The molecule has 0 aliphatic heterocycles. The summed E-state index contributed by atoms with van der Waals surface area (Å²) in [6, 6.07) is 10.7. The van der Waals surface area contributed by atoms with Gasteiger partial charge in [-0.05, 0) is 67.5 Å². The smallest absolute Gasteiger partial charge is 0.418 e. The van der Waals surface area contributed by atoms with Crippen molar-refractivity contribution in [3.63, 3.8) is 0 Å². The molecule has 144 valence electrons. The van der Waals surface area contributed by atoms with Gasteiger partial charge in [-0.1, -0.05) is 25.1 Å². The van der Waals surface area contributed by atoms with Crippen LogP contribution < -0.4 is 10.1 Å². The SMILES string of the molecule is CC[C@@H](Oc1ccc2c(c1)CCCC2)C(=O)Nc1ccccc1C(F)(F)F. The van der Waals surface area contributed by atoms with Gasteiger partial charge in [0, 0.05) is 0 Å². The Labute approximate surface area is 156 Å². The highest BCUT2D eigenvalue weighted by atomic mass is 19.4. The van der Waals surface area contributed by atoms with Crippen LogP contribution in [0.4, 0.5) is 18.9 Å². The van der Waals surface area contributed by atoms with Crippen LogP contribution in [0, 0.1) is 0 Å². The summed E-state index contributed by atoms with van der Waals surface area (Å²) in [7, 11) is 0. The number of aryl methyl sites for hydroxylation is 2. The molecule has 3 nitrogen and oxygen atoms in total. The largest absolute Gasteiger partial charge is 0.481 e. The Morgan fingerprint density at radius 3 is 2.52 bits per heavy atom. The van der Waals surface area contributed by atoms with Gasteiger partial charge in [0.15, 0.2) is 6.10 Å². The van der Waals surface area contributed by atoms with Crippen molar-refractivity contribution in [1.29, 1.82) is 0 Å². The molecule has 27 heavy (non-hydrogen) atoms. The third-order valence-electron chi connectivity index (χ3n) is 4.75. The molecule has 1 amide bonds. The van der Waals surface area contributed by atoms with E-state index in [9.17, 15) is 18.0 Å². The van der Waals surface area contributed by atoms with Gasteiger partial charge >= 0.3 is 6.18 Å². The van der Waals surface area contributed by atoms with Crippen molar-refractivity contribution in [2.45, 2.75) is 51.3 Å². The fraction of sp³-hybridized carbons (Fsp3) is 0.381. The van der Waals surface area contributed by atoms with E-state index in [-0.39, 0.29) is 5.69 Å². The van der Waals surface area contributed by atoms with E-state index in [0.29, 0.717) is 12.2 Å². The molecule has 3 rings (SSSR count). The van der Waals surface area contributed by atoms with E-state index in [1.807, 2.05) is 18.2 Å². The highest BCUT2D eigenvalue weighted by molar-refractivity contribution is 5.95. The van der Waals surface area contributed by atoms with E-state index in [1.165, 1.54) is 35.7 Å². The standard InChI is InChI=1S/C21H22F3NO2/c1-2-19(27-16-12-11-14-7-3-4-8-15(14)13-16)20(26)25-18-10-6-5-9-17(18)21(22,23)24/h5-6,9-13,19H,2-4,7-8H2,1H3,(H,25,26)/t19-/m1/s1. The Hall–Kier alpha value is -2.50. The normalized spacial score (nSPS) is 15.0. The van der Waals surface area contributed by atoms with Gasteiger partial charge in [0.05, 0.1) is 11.3 Å². The van der Waals surface area contributed by atoms with Crippen LogP contribution in [0.25, 0.3) is 0 Å². The van der Waals surface area contributed by atoms with Gasteiger partial charge in [-0.3, -0.25) is 4.79 Å². The highest BCUT2D eigenvalue weighted by Gasteiger charge is 2.34. The number of anilines is 1. The fourth-order valence-corrected chi connectivity index (χ4v) is 3.32. The molecule has 0 saturated carbocycles. The Morgan fingerprint density at radius 2 is 1.81 bits per heavy atom. The second-order valence-electron chi connectivity index (χ2n) is 6.68. The maximum Gasteiger partial charge on any atom is 0.418 e. The van der Waals surface area contributed by atoms with Gasteiger partial charge in [0.25, 0.3) is 5.91 Å². The Bertz CT molecular complexity index is 817. The summed E-state index contributed by atoms with van der Waals surface area (Å²) in [4.78, 5) is 12.5. The van der Waals surface area contributed by atoms with Crippen molar-refractivity contribution in [2.24, 2.45) is 0 Å². The van der Waals surface area contributed by atoms with Crippen LogP contribution in [0.3, 0.4) is 0 Å². The molecule has 1 aliphatic rings. The number of para-hydroxylation sites is 1. The molecule has 2 aromatic carbocycles. The van der Waals surface area contributed by atoms with Crippen LogP contribution in [0.5, 0.6) is 5.75 Å². The molecule has 1 N–H and O–H groups in total. The summed E-state index contributed by atoms with van der Waals surface area (Å²) in [5, 5.41) is 2.37. The summed E-state index contributed by atoms with van der Waals surface area (Å²) in [6.45, 7) is 1.76. The molecular weight excluding hydrogens is 355 g/mol. The molecular formula is C21H22F3NO2. The van der Waals surface area contributed by atoms with Crippen LogP contribution in [0.1, 0.15) is 42.9 Å². The number of nitrogens with one attached hydrogen (secondary N) is 1. The fourth-order valence-electron chi connectivity index (χ4n) is 3.32. The number of amides is 1. The lowest BCUT2D eigenvalue weighted by Gasteiger charge is -2.21. The van der Waals surface area contributed by atoms with Gasteiger partial charge in [0.1, 0.15) is 5.75 Å². The van der Waals surface area contributed by atoms with Gasteiger partial charge < -0.3 is 10.1 Å². The first-order chi connectivity index (χ1) is 12.9. The average molecular weight is 377 g/mol. The molecule has 0 radical (unpaired) electrons. The zero-order valence-corrected chi connectivity index (χ0v) is 15.1. The van der Waals surface area contributed by atoms with Gasteiger partial charge in [-0.15, -0.1) is 0 Å². The van der Waals surface area contributed by atoms with E-state index < -0.39 is 23.8 Å². The predicted octanol–water partition coefficient (Wildman–Crippen LogP) is 5.38. The minimum atomic E-state index is -4.54. The maximum atomic E-state index is 13.1. The van der Waals surface area contributed by atoms with Crippen LogP contribution in [0.15, 0.2) is 42.5 Å². The molecule has 0 aromatic heterocycles. The minimum Gasteiger partial charge on any atom is -0.481 e. The van der Waals surface area contributed by atoms with Gasteiger partial charge in [-0.25, -0.2) is 0 Å². The molecule has 0 fully saturated rings. The van der Waals surface area contributed by atoms with E-state index in [0.717, 1.165) is 25.3 Å². The lowest BCUT2D eigenvalue weighted by Crippen LogP contribution is -2.33. The molecule has 0 unspecified atom stereocenters. The number of rotatable bonds is 5. The molecule has 0 saturated heterocycles. The number of hydrogen-bond donors (Lipinski definition) is 1. The number of carbonyl (C=O) groups is 1. The number of halogens is 3. The molecule has 1 aliphatic carbocycles. The summed E-state index contributed by atoms with van der Waals surface area (Å²) in [6.07, 6.45) is -0.736. The lowest BCUT2D eigenvalue weighted by molar-refractivity contribution is -0.137. The molecule has 1 atom stereocenters. The second-order valence-corrected chi connectivity index (χ2v) is 6.68. The lowest BCUT2D eigenvalue weighted by atomic mass is 9.92. The molecule has 0 heterocycles. The summed E-state index contributed by atoms with van der Waals surface area (Å²) >= 11 is 0. The number of benzene rings is 2. The molecule has 6 heteroatoms. The number of carbonyl (C=O) groups excluding carboxylic acids is 1. The van der Waals surface area contributed by atoms with Crippen LogP contribution in [0.2, 0.25) is 0 Å². The molecule has 0 spiro atoms. The molecule has 0 bridgehead atoms. The van der Waals surface area contributed by atoms with E-state index >= 15 is 0 Å². The third kappa shape index (κ3) is 4.62. The monoisotopic (exact) mass is 377 g/mol. The average Bonchev–Trinajstić information content (AvgIpc) is 2.65. The minimum absolute atomic E-state index is 0.262. The highest BCUT2D eigenvalue weighted by Crippen LogP contribution is 2.34. The Balaban J connectivity index is 1.74. The third-order valence-corrected chi connectivity index (χ3v) is 4.75. The number of hydrogen-bond acceptors (Lipinski definition) is 2. The van der Waals surface area contributed by atoms with Crippen molar-refractivity contribution in [3.8, 4) is 5.75 Å². The zero-order chi connectivity index (χ0) is 19.4. The van der Waals surface area contributed by atoms with Crippen molar-refractivity contribution in [2.75, 3.05) is 5.32 Å². The van der Waals surface area contributed by atoms with E-state index in [4.69, 9.17) is 4.74 Å². The maximum absolute atomic E-state index is 13.1. The van der Waals surface area contributed by atoms with Crippen molar-refractivity contribution in [1.82, 2.24) is 0 Å². The van der Waals surface area contributed by atoms with Crippen LogP contribution in [-0.4, -0.2) is 12.0 Å². The zero-order valence-electron chi connectivity index (χ0n) is 15.1. The first-order valence-electron chi connectivity index (χ1n) is 9.14. The summed E-state index contributed by atoms with van der Waals surface area (Å²) in [5.41, 5.74) is 1.38. The predicted molar refractivity (Wildman–Crippen MR) is 97.9 cm³/mol. The van der Waals surface area contributed by atoms with E-state index in [1.54, 1.807) is 6.92 Å². The topological polar surface area (TPSA) is 38.3 Å². The van der Waals surface area contributed by atoms with Crippen molar-refractivity contribution >= 4 is 11.6 Å². The van der Waals surface area contributed by atoms with Crippen molar-refractivity contribution < 1.29 is 22.7 Å². The molecule has 2 aromatic rings. The number of ether oxygens (including phenoxy) is 1. The van der Waals surface area contributed by atoms with Crippen molar-refractivity contribution in [3.05, 3.63) is 59.2 Å². The number of alkyl halides is 3. The number of fused-ring (bicyclic) bond motifs is 1. The summed E-state index contributed by atoms with van der Waals surface area (Å²) in [5.74, 6) is -0.0197. The summed E-state index contributed by atoms with van der Waals surface area (Å²) < 4.78 is 45.1. The van der Waals surface area contributed by atoms with Gasteiger partial charge in [-0.2, -0.15) is 13.2 Å². The Morgan fingerprint density at radius 1 is 1.11 bits per heavy atom. The second kappa shape index (κ2) is 8.03. The first kappa shape index (κ1) is 19.3. The van der Waals surface area contributed by atoms with Gasteiger partial charge in [0.2, 0.25) is 0 Å². The quantitative estimate of drug-likeness (QED) is 0.760. The Kier molecular flexibility index (Phi) is 5.73. The van der Waals surface area contributed by atoms with Crippen LogP contribution in [-0.2, 0) is 23.8 Å². The van der Waals surface area contributed by atoms with E-state index in [2.05, 4.69) is 5.32 Å². The van der Waals surface area contributed by atoms with Crippen LogP contribution >= 0.6 is 0 Å². The first-order valence-corrected chi connectivity index (χ1v) is 9.14.